The van der Waals surface area contributed by atoms with Gasteiger partial charge in [0.05, 0.1) is 13.2 Å². The highest BCUT2D eigenvalue weighted by Crippen LogP contribution is 1.86. The summed E-state index contributed by atoms with van der Waals surface area (Å²) in [7, 11) is 0. The third-order valence-corrected chi connectivity index (χ3v) is 1.22. The highest BCUT2D eigenvalue weighted by Gasteiger charge is 1.99. The Labute approximate surface area is 71.4 Å². The number of hydrogen-bond donors (Lipinski definition) is 2. The molecule has 0 saturated carbocycles. The molecule has 11 heavy (non-hydrogen) atoms. The van der Waals surface area contributed by atoms with Crippen LogP contribution in [-0.2, 0) is 6.54 Å². The van der Waals surface area contributed by atoms with Gasteiger partial charge in [0.15, 0.2) is 0 Å². The van der Waals surface area contributed by atoms with E-state index in [0.29, 0.717) is 6.54 Å². The van der Waals surface area contributed by atoms with Crippen LogP contribution in [0.1, 0.15) is 0 Å². The lowest BCUT2D eigenvalue weighted by molar-refractivity contribution is 0.250. The summed E-state index contributed by atoms with van der Waals surface area (Å²) < 4.78 is 1.70. The molecule has 1 rings (SSSR count). The third-order valence-electron chi connectivity index (χ3n) is 1.22. The first-order valence-electron chi connectivity index (χ1n) is 3.17. The van der Waals surface area contributed by atoms with Crippen molar-refractivity contribution in [2.45, 2.75) is 12.6 Å². The molecule has 0 aliphatic rings. The monoisotopic (exact) mass is 177 g/mol. The number of nitrogens with zero attached hydrogens (tertiary/aromatic N) is 2. The van der Waals surface area contributed by atoms with E-state index in [9.17, 15) is 0 Å². The molecule has 0 unspecified atom stereocenters. The van der Waals surface area contributed by atoms with Gasteiger partial charge < -0.3 is 10.8 Å². The second-order valence-corrected chi connectivity index (χ2v) is 2.17. The molecule has 1 atom stereocenters. The Balaban J connectivity index is 0.000001000. The number of rotatable bonds is 3. The van der Waals surface area contributed by atoms with Crippen molar-refractivity contribution in [3.8, 4) is 0 Å². The summed E-state index contributed by atoms with van der Waals surface area (Å²) in [5.41, 5.74) is 5.45. The first-order chi connectivity index (χ1) is 4.83. The second-order valence-electron chi connectivity index (χ2n) is 2.17. The SMILES string of the molecule is Cl.N[C@@H](CO)Cn1cccn1. The van der Waals surface area contributed by atoms with Crippen LogP contribution in [0.4, 0.5) is 0 Å². The van der Waals surface area contributed by atoms with Crippen molar-refractivity contribution >= 4 is 12.4 Å². The first-order valence-corrected chi connectivity index (χ1v) is 3.17. The number of halogens is 1. The van der Waals surface area contributed by atoms with Crippen LogP contribution in [0, 0.1) is 0 Å². The zero-order valence-corrected chi connectivity index (χ0v) is 6.87. The van der Waals surface area contributed by atoms with Crippen molar-refractivity contribution in [2.75, 3.05) is 6.61 Å². The van der Waals surface area contributed by atoms with Crippen molar-refractivity contribution in [3.63, 3.8) is 0 Å². The largest absolute Gasteiger partial charge is 0.395 e. The van der Waals surface area contributed by atoms with Gasteiger partial charge in [-0.25, -0.2) is 0 Å². The van der Waals surface area contributed by atoms with Crippen molar-refractivity contribution < 1.29 is 5.11 Å². The van der Waals surface area contributed by atoms with Gasteiger partial charge in [-0.05, 0) is 6.07 Å². The Morgan fingerprint density at radius 2 is 2.36 bits per heavy atom. The van der Waals surface area contributed by atoms with Gasteiger partial charge in [0.2, 0.25) is 0 Å². The molecule has 0 radical (unpaired) electrons. The molecule has 1 aromatic heterocycles. The van der Waals surface area contributed by atoms with Crippen LogP contribution in [0.15, 0.2) is 18.5 Å². The molecule has 0 fully saturated rings. The Morgan fingerprint density at radius 3 is 2.82 bits per heavy atom. The van der Waals surface area contributed by atoms with E-state index >= 15 is 0 Å². The molecule has 64 valence electrons. The average molecular weight is 178 g/mol. The number of aromatic nitrogens is 2. The van der Waals surface area contributed by atoms with E-state index < -0.39 is 0 Å². The molecule has 4 nitrogen and oxygen atoms in total. The van der Waals surface area contributed by atoms with E-state index in [2.05, 4.69) is 5.10 Å². The standard InChI is InChI=1S/C6H11N3O.ClH/c7-6(5-10)4-9-3-1-2-8-9;/h1-3,6,10H,4-5,7H2;1H/t6-;/m1./s1. The van der Waals surface area contributed by atoms with Gasteiger partial charge in [0, 0.05) is 18.4 Å². The minimum atomic E-state index is -0.208. The van der Waals surface area contributed by atoms with Crippen LogP contribution in [0.3, 0.4) is 0 Å². The molecule has 1 heterocycles. The molecule has 0 spiro atoms. The molecule has 1 aromatic rings. The Kier molecular flexibility index (Phi) is 4.85. The van der Waals surface area contributed by atoms with Crippen LogP contribution in [0.2, 0.25) is 0 Å². The van der Waals surface area contributed by atoms with E-state index in [-0.39, 0.29) is 25.1 Å². The van der Waals surface area contributed by atoms with Crippen molar-refractivity contribution in [3.05, 3.63) is 18.5 Å². The fourth-order valence-electron chi connectivity index (χ4n) is 0.706. The summed E-state index contributed by atoms with van der Waals surface area (Å²) >= 11 is 0. The van der Waals surface area contributed by atoms with Crippen molar-refractivity contribution in [1.29, 1.82) is 0 Å². The highest BCUT2D eigenvalue weighted by atomic mass is 35.5. The lowest BCUT2D eigenvalue weighted by Crippen LogP contribution is -2.29. The molecule has 0 amide bonds. The molecular weight excluding hydrogens is 166 g/mol. The fourth-order valence-corrected chi connectivity index (χ4v) is 0.706. The molecule has 0 aromatic carbocycles. The maximum Gasteiger partial charge on any atom is 0.0600 e. The quantitative estimate of drug-likeness (QED) is 0.662. The lowest BCUT2D eigenvalue weighted by atomic mass is 10.3. The Bertz CT molecular complexity index is 178. The average Bonchev–Trinajstić information content (AvgIpc) is 2.40. The smallest absolute Gasteiger partial charge is 0.0600 e. The maximum atomic E-state index is 8.57. The predicted octanol–water partition coefficient (Wildman–Crippen LogP) is -0.376. The molecular formula is C6H12ClN3O. The molecule has 5 heteroatoms. The summed E-state index contributed by atoms with van der Waals surface area (Å²) in [4.78, 5) is 0. The molecule has 0 aliphatic carbocycles. The van der Waals surface area contributed by atoms with E-state index in [1.807, 2.05) is 12.3 Å². The molecule has 0 aliphatic heterocycles. The van der Waals surface area contributed by atoms with E-state index in [1.165, 1.54) is 0 Å². The summed E-state index contributed by atoms with van der Waals surface area (Å²) in [6, 6.07) is 1.62. The highest BCUT2D eigenvalue weighted by molar-refractivity contribution is 5.85. The van der Waals surface area contributed by atoms with E-state index in [0.717, 1.165) is 0 Å². The number of aliphatic hydroxyl groups excluding tert-OH is 1. The number of aliphatic hydroxyl groups is 1. The predicted molar refractivity (Wildman–Crippen MR) is 44.5 cm³/mol. The summed E-state index contributed by atoms with van der Waals surface area (Å²) in [6.45, 7) is 0.573. The van der Waals surface area contributed by atoms with Crippen LogP contribution in [-0.4, -0.2) is 27.5 Å². The van der Waals surface area contributed by atoms with Crippen LogP contribution >= 0.6 is 12.4 Å². The Morgan fingerprint density at radius 1 is 1.64 bits per heavy atom. The van der Waals surface area contributed by atoms with Crippen LogP contribution in [0.25, 0.3) is 0 Å². The minimum Gasteiger partial charge on any atom is -0.395 e. The lowest BCUT2D eigenvalue weighted by Gasteiger charge is -2.06. The zero-order valence-electron chi connectivity index (χ0n) is 6.05. The van der Waals surface area contributed by atoms with E-state index in [1.54, 1.807) is 10.9 Å². The first kappa shape index (κ1) is 10.4. The summed E-state index contributed by atoms with van der Waals surface area (Å²) in [5, 5.41) is 12.5. The van der Waals surface area contributed by atoms with Gasteiger partial charge in [0.25, 0.3) is 0 Å². The number of hydrogen-bond acceptors (Lipinski definition) is 3. The Hall–Kier alpha value is -0.580. The normalized spacial score (nSPS) is 12.2. The fraction of sp³-hybridized carbons (Fsp3) is 0.500. The molecule has 0 bridgehead atoms. The zero-order chi connectivity index (χ0) is 7.40. The van der Waals surface area contributed by atoms with Crippen LogP contribution < -0.4 is 5.73 Å². The van der Waals surface area contributed by atoms with Gasteiger partial charge in [-0.15, -0.1) is 12.4 Å². The van der Waals surface area contributed by atoms with Gasteiger partial charge in [-0.1, -0.05) is 0 Å². The maximum absolute atomic E-state index is 8.57. The van der Waals surface area contributed by atoms with Gasteiger partial charge >= 0.3 is 0 Å². The van der Waals surface area contributed by atoms with Crippen molar-refractivity contribution in [1.82, 2.24) is 9.78 Å². The number of nitrogens with two attached hydrogens (primary N) is 1. The van der Waals surface area contributed by atoms with E-state index in [4.69, 9.17) is 10.8 Å². The molecule has 0 saturated heterocycles. The summed E-state index contributed by atoms with van der Waals surface area (Å²) in [6.07, 6.45) is 3.50. The minimum absolute atomic E-state index is 0. The van der Waals surface area contributed by atoms with Gasteiger partial charge in [-0.3, -0.25) is 4.68 Å². The summed E-state index contributed by atoms with van der Waals surface area (Å²) in [5.74, 6) is 0. The topological polar surface area (TPSA) is 64.1 Å². The molecule has 3 N–H and O–H groups in total. The van der Waals surface area contributed by atoms with Gasteiger partial charge in [0.1, 0.15) is 0 Å². The third kappa shape index (κ3) is 3.36. The second kappa shape index (κ2) is 5.12. The van der Waals surface area contributed by atoms with Crippen LogP contribution in [0.5, 0.6) is 0 Å². The van der Waals surface area contributed by atoms with Gasteiger partial charge in [-0.2, -0.15) is 5.10 Å². The van der Waals surface area contributed by atoms with Crippen molar-refractivity contribution in [2.24, 2.45) is 5.73 Å².